The van der Waals surface area contributed by atoms with Crippen molar-refractivity contribution in [1.82, 2.24) is 15.0 Å². The molecule has 0 bridgehead atoms. The van der Waals surface area contributed by atoms with E-state index >= 15 is 0 Å². The molecular formula is C21H21BrN4O2S. The van der Waals surface area contributed by atoms with E-state index in [9.17, 15) is 9.59 Å². The molecule has 1 aliphatic rings. The normalized spacial score (nSPS) is 17.4. The van der Waals surface area contributed by atoms with Gasteiger partial charge in [0, 0.05) is 9.35 Å². The number of carbonyl (C=O) groups is 1. The van der Waals surface area contributed by atoms with Crippen LogP contribution < -0.4 is 11.0 Å². The number of nitrogens with one attached hydrogen (secondary N) is 1. The topological polar surface area (TPSA) is 76.3 Å². The summed E-state index contributed by atoms with van der Waals surface area (Å²) < 4.78 is 2.37. The van der Waals surface area contributed by atoms with Crippen molar-refractivity contribution in [2.24, 2.45) is 11.0 Å². The summed E-state index contributed by atoms with van der Waals surface area (Å²) in [6.07, 6.45) is 6.01. The second kappa shape index (κ2) is 8.20. The number of hydrogen-bond acceptors (Lipinski definition) is 5. The van der Waals surface area contributed by atoms with E-state index in [0.717, 1.165) is 39.7 Å². The first-order valence-electron chi connectivity index (χ1n) is 9.54. The van der Waals surface area contributed by atoms with Crippen LogP contribution in [0.1, 0.15) is 42.3 Å². The van der Waals surface area contributed by atoms with Crippen molar-refractivity contribution in [2.75, 3.05) is 0 Å². The summed E-state index contributed by atoms with van der Waals surface area (Å²) in [7, 11) is 0. The van der Waals surface area contributed by atoms with E-state index in [1.165, 1.54) is 15.8 Å². The van der Waals surface area contributed by atoms with E-state index in [4.69, 9.17) is 0 Å². The maximum atomic E-state index is 13.1. The van der Waals surface area contributed by atoms with Gasteiger partial charge < -0.3 is 0 Å². The highest BCUT2D eigenvalue weighted by molar-refractivity contribution is 9.10. The lowest BCUT2D eigenvalue weighted by Crippen LogP contribution is -2.34. The van der Waals surface area contributed by atoms with Crippen LogP contribution in [-0.4, -0.2) is 21.7 Å². The fraction of sp³-hybridized carbons (Fsp3) is 0.333. The molecule has 0 saturated heterocycles. The Bertz CT molecular complexity index is 1150. The molecule has 1 aliphatic carbocycles. The minimum Gasteiger partial charge on any atom is -0.286 e. The smallest absolute Gasteiger partial charge is 0.263 e. The predicted molar refractivity (Wildman–Crippen MR) is 120 cm³/mol. The van der Waals surface area contributed by atoms with Gasteiger partial charge in [-0.3, -0.25) is 14.2 Å². The molecule has 0 fully saturated rings. The quantitative estimate of drug-likeness (QED) is 0.459. The van der Waals surface area contributed by atoms with Crippen molar-refractivity contribution in [1.29, 1.82) is 0 Å². The van der Waals surface area contributed by atoms with Gasteiger partial charge in [0.15, 0.2) is 0 Å². The molecule has 0 saturated carbocycles. The molecular weight excluding hydrogens is 452 g/mol. The fourth-order valence-corrected chi connectivity index (χ4v) is 5.16. The van der Waals surface area contributed by atoms with Gasteiger partial charge in [0.1, 0.15) is 10.9 Å². The number of fused-ring (bicyclic) bond motifs is 3. The third-order valence-electron chi connectivity index (χ3n) is 5.30. The molecule has 2 aromatic heterocycles. The number of aromatic nitrogens is 2. The third-order valence-corrected chi connectivity index (χ3v) is 6.99. The van der Waals surface area contributed by atoms with Crippen molar-refractivity contribution >= 4 is 49.6 Å². The lowest BCUT2D eigenvalue weighted by atomic mass is 9.89. The highest BCUT2D eigenvalue weighted by Crippen LogP contribution is 2.35. The highest BCUT2D eigenvalue weighted by atomic mass is 79.9. The molecule has 29 heavy (non-hydrogen) atoms. The van der Waals surface area contributed by atoms with Crippen molar-refractivity contribution in [3.63, 3.8) is 0 Å². The van der Waals surface area contributed by atoms with Gasteiger partial charge in [-0.1, -0.05) is 35.0 Å². The molecule has 3 aromatic rings. The molecule has 8 heteroatoms. The molecule has 150 valence electrons. The molecule has 1 aromatic carbocycles. The molecule has 0 radical (unpaired) electrons. The molecule has 6 nitrogen and oxygen atoms in total. The summed E-state index contributed by atoms with van der Waals surface area (Å²) in [6.45, 7) is 3.92. The Labute approximate surface area is 180 Å². The molecule has 4 rings (SSSR count). The second-order valence-electron chi connectivity index (χ2n) is 7.45. The average Bonchev–Trinajstić information content (AvgIpc) is 3.07. The minimum atomic E-state index is -0.709. The van der Waals surface area contributed by atoms with Crippen LogP contribution in [0.3, 0.4) is 0 Å². The zero-order chi connectivity index (χ0) is 20.5. The van der Waals surface area contributed by atoms with Gasteiger partial charge >= 0.3 is 0 Å². The SMILES string of the molecule is C[C@@H]1CCc2c(sc3ncn([C@@H](C)C(=O)NN=Cc4ccc(Br)cc4)c(=O)c23)C1. The molecule has 0 unspecified atom stereocenters. The van der Waals surface area contributed by atoms with Crippen molar-refractivity contribution in [3.05, 3.63) is 61.4 Å². The number of thiophene rings is 1. The van der Waals surface area contributed by atoms with Gasteiger partial charge in [-0.15, -0.1) is 11.3 Å². The Morgan fingerprint density at radius 3 is 2.93 bits per heavy atom. The fourth-order valence-electron chi connectivity index (χ4n) is 3.56. The number of amides is 1. The summed E-state index contributed by atoms with van der Waals surface area (Å²) in [6, 6.07) is 6.85. The molecule has 0 spiro atoms. The van der Waals surface area contributed by atoms with Gasteiger partial charge in [0.25, 0.3) is 11.5 Å². The number of hydrazone groups is 1. The number of halogens is 1. The number of nitrogens with zero attached hydrogens (tertiary/aromatic N) is 3. The van der Waals surface area contributed by atoms with E-state index in [1.54, 1.807) is 24.5 Å². The average molecular weight is 473 g/mol. The Kier molecular flexibility index (Phi) is 5.65. The maximum absolute atomic E-state index is 13.1. The summed E-state index contributed by atoms with van der Waals surface area (Å²) in [5.41, 5.74) is 4.35. The predicted octanol–water partition coefficient (Wildman–Crippen LogP) is 4.06. The largest absolute Gasteiger partial charge is 0.286 e. The van der Waals surface area contributed by atoms with Crippen LogP contribution in [0.15, 0.2) is 45.0 Å². The molecule has 0 aliphatic heterocycles. The minimum absolute atomic E-state index is 0.151. The van der Waals surface area contributed by atoms with Gasteiger partial charge in [-0.25, -0.2) is 10.4 Å². The lowest BCUT2D eigenvalue weighted by Gasteiger charge is -2.18. The summed E-state index contributed by atoms with van der Waals surface area (Å²) in [5, 5.41) is 4.68. The van der Waals surface area contributed by atoms with E-state index in [0.29, 0.717) is 11.3 Å². The number of rotatable bonds is 4. The first-order valence-corrected chi connectivity index (χ1v) is 11.1. The van der Waals surface area contributed by atoms with Crippen molar-refractivity contribution in [3.8, 4) is 0 Å². The maximum Gasteiger partial charge on any atom is 0.263 e. The van der Waals surface area contributed by atoms with E-state index < -0.39 is 6.04 Å². The van der Waals surface area contributed by atoms with Crippen LogP contribution in [0.5, 0.6) is 0 Å². The summed E-state index contributed by atoms with van der Waals surface area (Å²) >= 11 is 4.98. The zero-order valence-corrected chi connectivity index (χ0v) is 18.6. The van der Waals surface area contributed by atoms with Crippen LogP contribution in [0, 0.1) is 5.92 Å². The molecule has 1 N–H and O–H groups in total. The Morgan fingerprint density at radius 1 is 1.41 bits per heavy atom. The van der Waals surface area contributed by atoms with E-state index in [2.05, 4.69) is 38.4 Å². The monoisotopic (exact) mass is 472 g/mol. The Morgan fingerprint density at radius 2 is 2.17 bits per heavy atom. The van der Waals surface area contributed by atoms with Crippen LogP contribution >= 0.6 is 27.3 Å². The van der Waals surface area contributed by atoms with Gasteiger partial charge in [0.2, 0.25) is 0 Å². The number of benzene rings is 1. The lowest BCUT2D eigenvalue weighted by molar-refractivity contribution is -0.123. The van der Waals surface area contributed by atoms with Crippen molar-refractivity contribution < 1.29 is 4.79 Å². The van der Waals surface area contributed by atoms with Crippen LogP contribution in [-0.2, 0) is 17.6 Å². The van der Waals surface area contributed by atoms with Crippen molar-refractivity contribution in [2.45, 2.75) is 39.2 Å². The van der Waals surface area contributed by atoms with E-state index in [1.807, 2.05) is 24.3 Å². The number of aryl methyl sites for hydroxylation is 1. The van der Waals surface area contributed by atoms with Crippen LogP contribution in [0.25, 0.3) is 10.2 Å². The number of carbonyl (C=O) groups excluding carboxylic acids is 1. The first-order chi connectivity index (χ1) is 13.9. The zero-order valence-electron chi connectivity index (χ0n) is 16.2. The van der Waals surface area contributed by atoms with Crippen LogP contribution in [0.4, 0.5) is 0 Å². The van der Waals surface area contributed by atoms with Gasteiger partial charge in [0.05, 0.1) is 17.9 Å². The van der Waals surface area contributed by atoms with E-state index in [-0.39, 0.29) is 11.5 Å². The Balaban J connectivity index is 1.55. The van der Waals surface area contributed by atoms with Crippen LogP contribution in [0.2, 0.25) is 0 Å². The van der Waals surface area contributed by atoms with Gasteiger partial charge in [-0.2, -0.15) is 5.10 Å². The highest BCUT2D eigenvalue weighted by Gasteiger charge is 2.25. The third kappa shape index (κ3) is 4.04. The Hall–Kier alpha value is -2.32. The molecule has 2 atom stereocenters. The molecule has 1 amide bonds. The standard InChI is InChI=1S/C21H21BrN4O2S/c1-12-3-8-16-17(9-12)29-20-18(16)21(28)26(11-23-20)13(2)19(27)25-24-10-14-4-6-15(22)7-5-14/h4-7,10-13H,3,8-9H2,1-2H3,(H,25,27)/t12-,13+/m1/s1. The first kappa shape index (κ1) is 20.0. The summed E-state index contributed by atoms with van der Waals surface area (Å²) in [4.78, 5) is 32.2. The number of hydrogen-bond donors (Lipinski definition) is 1. The van der Waals surface area contributed by atoms with Gasteiger partial charge in [-0.05, 0) is 55.4 Å². The molecule has 2 heterocycles. The second-order valence-corrected chi connectivity index (χ2v) is 9.45. The summed E-state index contributed by atoms with van der Waals surface area (Å²) in [5.74, 6) is 0.269.